The van der Waals surface area contributed by atoms with Crippen molar-refractivity contribution >= 4 is 51.2 Å². The summed E-state index contributed by atoms with van der Waals surface area (Å²) in [5.74, 6) is 0. The Kier molecular flexibility index (Phi) is 2.62. The molecule has 2 aliphatic rings. The molecule has 3 heteroatoms. The Morgan fingerprint density at radius 3 is 2.24 bits per heavy atom. The molecule has 3 rings (SSSR count). The van der Waals surface area contributed by atoms with Gasteiger partial charge in [0, 0.05) is 33.6 Å². The van der Waals surface area contributed by atoms with E-state index in [-0.39, 0.29) is 0 Å². The maximum absolute atomic E-state index is 5.55. The van der Waals surface area contributed by atoms with E-state index in [0.29, 0.717) is 0 Å². The minimum atomic E-state index is 0.791. The van der Waals surface area contributed by atoms with Gasteiger partial charge in [-0.05, 0) is 0 Å². The fourth-order valence-electron chi connectivity index (χ4n) is 2.22. The molecule has 1 aromatic carbocycles. The Labute approximate surface area is 116 Å². The van der Waals surface area contributed by atoms with Gasteiger partial charge in [0.05, 0.1) is 9.73 Å². The van der Waals surface area contributed by atoms with Crippen molar-refractivity contribution in [2.45, 2.75) is 6.42 Å². The Hall–Kier alpha value is -1.03. The maximum Gasteiger partial charge on any atom is 0.0546 e. The lowest BCUT2D eigenvalue weighted by atomic mass is 9.81. The van der Waals surface area contributed by atoms with Crippen molar-refractivity contribution in [1.29, 1.82) is 0 Å². The van der Waals surface area contributed by atoms with Crippen LogP contribution in [-0.2, 0) is 0 Å². The second kappa shape index (κ2) is 4.02. The molecule has 0 unspecified atom stereocenters. The molecule has 0 aromatic heterocycles. The Morgan fingerprint density at radius 2 is 1.53 bits per heavy atom. The van der Waals surface area contributed by atoms with E-state index in [0.717, 1.165) is 43.3 Å². The van der Waals surface area contributed by atoms with Gasteiger partial charge < -0.3 is 0 Å². The van der Waals surface area contributed by atoms with Gasteiger partial charge in [-0.1, -0.05) is 73.1 Å². The fraction of sp³-hybridized carbons (Fsp3) is 0.0714. The average Bonchev–Trinajstić information content (AvgIpc) is 2.36. The van der Waals surface area contributed by atoms with Crippen LogP contribution in [0.2, 0.25) is 0 Å². The first kappa shape index (κ1) is 11.1. The van der Waals surface area contributed by atoms with Crippen molar-refractivity contribution in [2.75, 3.05) is 0 Å². The molecule has 0 N–H and O–H groups in total. The fourth-order valence-corrected chi connectivity index (χ4v) is 3.35. The Bertz CT molecular complexity index is 633. The number of rotatable bonds is 0. The molecule has 2 aliphatic carbocycles. The molecular formula is C14H8S3. The molecule has 0 fully saturated rings. The van der Waals surface area contributed by atoms with E-state index in [9.17, 15) is 0 Å². The minimum absolute atomic E-state index is 0.791. The number of allylic oxidation sites excluding steroid dienone is 4. The van der Waals surface area contributed by atoms with Crippen LogP contribution in [0.5, 0.6) is 0 Å². The molecule has 0 saturated carbocycles. The molecule has 0 saturated heterocycles. The first-order chi connectivity index (χ1) is 8.20. The molecule has 0 atom stereocenters. The first-order valence-electron chi connectivity index (χ1n) is 5.32. The molecule has 17 heavy (non-hydrogen) atoms. The summed E-state index contributed by atoms with van der Waals surface area (Å²) in [5, 5.41) is 0. The van der Waals surface area contributed by atoms with Crippen molar-refractivity contribution < 1.29 is 0 Å². The minimum Gasteiger partial charge on any atom is -0.0838 e. The average molecular weight is 272 g/mol. The lowest BCUT2D eigenvalue weighted by molar-refractivity contribution is 1.44. The van der Waals surface area contributed by atoms with Crippen LogP contribution in [0.1, 0.15) is 17.5 Å². The maximum atomic E-state index is 5.55. The van der Waals surface area contributed by atoms with Crippen molar-refractivity contribution in [3.63, 3.8) is 0 Å². The highest BCUT2D eigenvalue weighted by Crippen LogP contribution is 2.32. The van der Waals surface area contributed by atoms with Crippen LogP contribution in [0, 0.1) is 0 Å². The summed E-state index contributed by atoms with van der Waals surface area (Å²) in [6.07, 6.45) is 4.90. The predicted octanol–water partition coefficient (Wildman–Crippen LogP) is 3.76. The number of benzene rings is 1. The Balaban J connectivity index is 2.31. The van der Waals surface area contributed by atoms with Crippen molar-refractivity contribution in [1.82, 2.24) is 0 Å². The van der Waals surface area contributed by atoms with Gasteiger partial charge in [0.2, 0.25) is 0 Å². The summed E-state index contributed by atoms with van der Waals surface area (Å²) >= 11 is 16.5. The van der Waals surface area contributed by atoms with Crippen LogP contribution in [-0.4, -0.2) is 14.6 Å². The predicted molar refractivity (Wildman–Crippen MR) is 83.2 cm³/mol. The molecule has 0 heterocycles. The molecule has 0 spiro atoms. The van der Waals surface area contributed by atoms with Gasteiger partial charge in [-0.25, -0.2) is 0 Å². The zero-order chi connectivity index (χ0) is 12.0. The van der Waals surface area contributed by atoms with E-state index >= 15 is 0 Å². The van der Waals surface area contributed by atoms with Crippen molar-refractivity contribution in [3.8, 4) is 0 Å². The van der Waals surface area contributed by atoms with Crippen molar-refractivity contribution in [3.05, 3.63) is 58.7 Å². The number of hydrogen-bond donors (Lipinski definition) is 0. The van der Waals surface area contributed by atoms with E-state index in [2.05, 4.69) is 12.2 Å². The summed E-state index contributed by atoms with van der Waals surface area (Å²) in [5.41, 5.74) is 4.13. The van der Waals surface area contributed by atoms with Crippen LogP contribution in [0.25, 0.3) is 0 Å². The number of fused-ring (bicyclic) bond motifs is 1. The highest BCUT2D eigenvalue weighted by Gasteiger charge is 2.28. The van der Waals surface area contributed by atoms with Crippen LogP contribution in [0.4, 0.5) is 0 Å². The normalized spacial score (nSPS) is 18.2. The van der Waals surface area contributed by atoms with E-state index in [4.69, 9.17) is 36.7 Å². The van der Waals surface area contributed by atoms with Gasteiger partial charge in [0.25, 0.3) is 0 Å². The first-order valence-corrected chi connectivity index (χ1v) is 6.55. The quantitative estimate of drug-likeness (QED) is 0.660. The van der Waals surface area contributed by atoms with E-state index in [1.54, 1.807) is 0 Å². The molecular weight excluding hydrogens is 264 g/mol. The molecule has 0 radical (unpaired) electrons. The third kappa shape index (κ3) is 1.58. The largest absolute Gasteiger partial charge is 0.0838 e. The van der Waals surface area contributed by atoms with Gasteiger partial charge in [0.1, 0.15) is 0 Å². The van der Waals surface area contributed by atoms with Gasteiger partial charge in [0.15, 0.2) is 0 Å². The standard InChI is InChI=1S/C14H8S3/c15-11-7-3-6-10-12(11)14(17)9-5-2-1-4-8(9)13(10)16/h1-6H,7H2. The van der Waals surface area contributed by atoms with Gasteiger partial charge in [-0.3, -0.25) is 0 Å². The van der Waals surface area contributed by atoms with E-state index in [1.165, 1.54) is 0 Å². The molecule has 0 amide bonds. The highest BCUT2D eigenvalue weighted by atomic mass is 32.1. The van der Waals surface area contributed by atoms with Gasteiger partial charge in [-0.15, -0.1) is 0 Å². The highest BCUT2D eigenvalue weighted by molar-refractivity contribution is 7.84. The molecule has 82 valence electrons. The lowest BCUT2D eigenvalue weighted by Crippen LogP contribution is -2.25. The van der Waals surface area contributed by atoms with Crippen LogP contribution in [0.15, 0.2) is 47.6 Å². The number of thiocarbonyl (C=S) groups is 3. The second-order valence-corrected chi connectivity index (χ2v) is 5.33. The third-order valence-electron chi connectivity index (χ3n) is 3.02. The van der Waals surface area contributed by atoms with Crippen LogP contribution < -0.4 is 0 Å². The SMILES string of the molecule is S=C1CC=CC2=C1C(=S)c1ccccc1C2=S. The lowest BCUT2D eigenvalue weighted by Gasteiger charge is -2.25. The summed E-state index contributed by atoms with van der Waals surface area (Å²) in [6, 6.07) is 8.03. The summed E-state index contributed by atoms with van der Waals surface area (Å²) in [7, 11) is 0. The van der Waals surface area contributed by atoms with Gasteiger partial charge >= 0.3 is 0 Å². The molecule has 0 nitrogen and oxygen atoms in total. The zero-order valence-corrected chi connectivity index (χ0v) is 11.3. The monoisotopic (exact) mass is 272 g/mol. The van der Waals surface area contributed by atoms with Crippen LogP contribution in [0.3, 0.4) is 0 Å². The van der Waals surface area contributed by atoms with Crippen molar-refractivity contribution in [2.24, 2.45) is 0 Å². The van der Waals surface area contributed by atoms with E-state index < -0.39 is 0 Å². The topological polar surface area (TPSA) is 0 Å². The van der Waals surface area contributed by atoms with Gasteiger partial charge in [-0.2, -0.15) is 0 Å². The second-order valence-electron chi connectivity index (χ2n) is 4.02. The van der Waals surface area contributed by atoms with E-state index in [1.807, 2.05) is 24.3 Å². The smallest absolute Gasteiger partial charge is 0.0546 e. The molecule has 0 aliphatic heterocycles. The summed E-state index contributed by atoms with van der Waals surface area (Å²) in [4.78, 5) is 2.62. The zero-order valence-electron chi connectivity index (χ0n) is 8.90. The van der Waals surface area contributed by atoms with Crippen LogP contribution >= 0.6 is 36.7 Å². The number of hydrogen-bond acceptors (Lipinski definition) is 3. The summed E-state index contributed by atoms with van der Waals surface area (Å²) in [6.45, 7) is 0. The Morgan fingerprint density at radius 1 is 0.882 bits per heavy atom. The molecule has 0 bridgehead atoms. The third-order valence-corrected chi connectivity index (χ3v) is 4.26. The molecule has 1 aromatic rings. The summed E-state index contributed by atoms with van der Waals surface area (Å²) < 4.78 is 0.